The van der Waals surface area contributed by atoms with Gasteiger partial charge in [-0.2, -0.15) is 0 Å². The van der Waals surface area contributed by atoms with Crippen molar-refractivity contribution in [2.24, 2.45) is 11.5 Å². The lowest BCUT2D eigenvalue weighted by molar-refractivity contribution is 0.514. The molecule has 22 heavy (non-hydrogen) atoms. The summed E-state index contributed by atoms with van der Waals surface area (Å²) < 4.78 is 0. The minimum absolute atomic E-state index is 0. The van der Waals surface area contributed by atoms with Gasteiger partial charge in [-0.15, -0.1) is 24.8 Å². The standard InChI is InChI=1S/C18H24N2.2ClH/c19-17(13-15-7-3-1-4-8-15)11-12-18(20)14-16-9-5-2-6-10-16;;/h1-10,17-18H,11-14,19-20H2;2*1H/t17-,18-;;/m1../s1. The Labute approximate surface area is 146 Å². The first-order valence-corrected chi connectivity index (χ1v) is 7.33. The van der Waals surface area contributed by atoms with Gasteiger partial charge in [-0.05, 0) is 36.8 Å². The van der Waals surface area contributed by atoms with Crippen LogP contribution in [0.5, 0.6) is 0 Å². The van der Waals surface area contributed by atoms with E-state index in [1.165, 1.54) is 11.1 Å². The molecule has 0 aliphatic heterocycles. The van der Waals surface area contributed by atoms with E-state index in [-0.39, 0.29) is 36.9 Å². The summed E-state index contributed by atoms with van der Waals surface area (Å²) in [6.07, 6.45) is 3.81. The van der Waals surface area contributed by atoms with Crippen LogP contribution in [0.25, 0.3) is 0 Å². The first-order chi connectivity index (χ1) is 9.74. The largest absolute Gasteiger partial charge is 0.327 e. The van der Waals surface area contributed by atoms with Gasteiger partial charge in [0.25, 0.3) is 0 Å². The third kappa shape index (κ3) is 7.81. The summed E-state index contributed by atoms with van der Waals surface area (Å²) in [5, 5.41) is 0. The molecule has 0 aromatic heterocycles. The fourth-order valence-electron chi connectivity index (χ4n) is 2.47. The van der Waals surface area contributed by atoms with Crippen LogP contribution in [-0.4, -0.2) is 12.1 Å². The van der Waals surface area contributed by atoms with Gasteiger partial charge < -0.3 is 11.5 Å². The Morgan fingerprint density at radius 1 is 0.591 bits per heavy atom. The van der Waals surface area contributed by atoms with Crippen molar-refractivity contribution in [2.75, 3.05) is 0 Å². The van der Waals surface area contributed by atoms with Crippen molar-refractivity contribution < 1.29 is 0 Å². The maximum absolute atomic E-state index is 6.19. The lowest BCUT2D eigenvalue weighted by Crippen LogP contribution is -2.29. The van der Waals surface area contributed by atoms with Crippen molar-refractivity contribution >= 4 is 24.8 Å². The summed E-state index contributed by atoms with van der Waals surface area (Å²) in [6, 6.07) is 21.2. The molecule has 0 amide bonds. The fourth-order valence-corrected chi connectivity index (χ4v) is 2.47. The molecule has 0 fully saturated rings. The Morgan fingerprint density at radius 2 is 0.909 bits per heavy atom. The predicted octanol–water partition coefficient (Wildman–Crippen LogP) is 3.75. The van der Waals surface area contributed by atoms with Crippen LogP contribution in [0.4, 0.5) is 0 Å². The molecule has 2 aromatic carbocycles. The van der Waals surface area contributed by atoms with Crippen LogP contribution < -0.4 is 11.5 Å². The minimum Gasteiger partial charge on any atom is -0.327 e. The second-order valence-corrected chi connectivity index (χ2v) is 5.48. The van der Waals surface area contributed by atoms with Gasteiger partial charge in [0.05, 0.1) is 0 Å². The molecular formula is C18H26Cl2N2. The highest BCUT2D eigenvalue weighted by Crippen LogP contribution is 2.10. The quantitative estimate of drug-likeness (QED) is 0.806. The lowest BCUT2D eigenvalue weighted by Gasteiger charge is -2.16. The Morgan fingerprint density at radius 3 is 1.23 bits per heavy atom. The topological polar surface area (TPSA) is 52.0 Å². The zero-order valence-electron chi connectivity index (χ0n) is 12.7. The lowest BCUT2D eigenvalue weighted by atomic mass is 9.97. The third-order valence-electron chi connectivity index (χ3n) is 3.59. The molecule has 2 atom stereocenters. The summed E-state index contributed by atoms with van der Waals surface area (Å²) in [6.45, 7) is 0. The molecule has 4 heteroatoms. The summed E-state index contributed by atoms with van der Waals surface area (Å²) >= 11 is 0. The first kappa shape index (κ1) is 20.9. The molecule has 0 radical (unpaired) electrons. The van der Waals surface area contributed by atoms with Crippen molar-refractivity contribution in [3.8, 4) is 0 Å². The van der Waals surface area contributed by atoms with Gasteiger partial charge in [0.15, 0.2) is 0 Å². The van der Waals surface area contributed by atoms with E-state index < -0.39 is 0 Å². The molecule has 2 rings (SSSR count). The van der Waals surface area contributed by atoms with Gasteiger partial charge >= 0.3 is 0 Å². The molecule has 122 valence electrons. The molecule has 0 saturated carbocycles. The van der Waals surface area contributed by atoms with Gasteiger partial charge in [0, 0.05) is 12.1 Å². The Bertz CT molecular complexity index is 443. The van der Waals surface area contributed by atoms with Gasteiger partial charge in [-0.1, -0.05) is 60.7 Å². The van der Waals surface area contributed by atoms with Crippen LogP contribution >= 0.6 is 24.8 Å². The Hall–Kier alpha value is -1.06. The van der Waals surface area contributed by atoms with Crippen LogP contribution in [0.3, 0.4) is 0 Å². The van der Waals surface area contributed by atoms with Gasteiger partial charge in [0.1, 0.15) is 0 Å². The summed E-state index contributed by atoms with van der Waals surface area (Å²) in [5.74, 6) is 0. The van der Waals surface area contributed by atoms with Crippen molar-refractivity contribution in [2.45, 2.75) is 37.8 Å². The molecule has 0 aliphatic carbocycles. The van der Waals surface area contributed by atoms with Crippen molar-refractivity contribution in [1.82, 2.24) is 0 Å². The number of hydrogen-bond acceptors (Lipinski definition) is 2. The second-order valence-electron chi connectivity index (χ2n) is 5.48. The van der Waals surface area contributed by atoms with Gasteiger partial charge in [-0.25, -0.2) is 0 Å². The molecule has 0 spiro atoms. The molecule has 2 nitrogen and oxygen atoms in total. The maximum Gasteiger partial charge on any atom is 0.00799 e. The highest BCUT2D eigenvalue weighted by molar-refractivity contribution is 5.85. The molecular weight excluding hydrogens is 315 g/mol. The summed E-state index contributed by atoms with van der Waals surface area (Å²) in [5.41, 5.74) is 15.0. The molecule has 0 saturated heterocycles. The summed E-state index contributed by atoms with van der Waals surface area (Å²) in [7, 11) is 0. The SMILES string of the molecule is Cl.Cl.N[C@H](CC[C@@H](N)Cc1ccccc1)Cc1ccccc1. The number of halogens is 2. The van der Waals surface area contributed by atoms with Crippen molar-refractivity contribution in [1.29, 1.82) is 0 Å². The van der Waals surface area contributed by atoms with E-state index in [0.717, 1.165) is 25.7 Å². The first-order valence-electron chi connectivity index (χ1n) is 7.33. The van der Waals surface area contributed by atoms with Crippen LogP contribution in [-0.2, 0) is 12.8 Å². The predicted molar refractivity (Wildman–Crippen MR) is 100.0 cm³/mol. The molecule has 0 heterocycles. The molecule has 2 aromatic rings. The zero-order chi connectivity index (χ0) is 14.2. The molecule has 4 N–H and O–H groups in total. The Balaban J connectivity index is 0.00000220. The van der Waals surface area contributed by atoms with Crippen molar-refractivity contribution in [3.05, 3.63) is 71.8 Å². The molecule has 0 aliphatic rings. The van der Waals surface area contributed by atoms with E-state index in [9.17, 15) is 0 Å². The monoisotopic (exact) mass is 340 g/mol. The van der Waals surface area contributed by atoms with E-state index in [2.05, 4.69) is 48.5 Å². The number of rotatable bonds is 7. The van der Waals surface area contributed by atoms with E-state index in [1.807, 2.05) is 12.1 Å². The minimum atomic E-state index is 0. The number of benzene rings is 2. The van der Waals surface area contributed by atoms with Crippen LogP contribution in [0.1, 0.15) is 24.0 Å². The second kappa shape index (κ2) is 11.5. The van der Waals surface area contributed by atoms with Gasteiger partial charge in [-0.3, -0.25) is 0 Å². The van der Waals surface area contributed by atoms with E-state index >= 15 is 0 Å². The molecule has 0 unspecified atom stereocenters. The zero-order valence-corrected chi connectivity index (χ0v) is 14.4. The number of hydrogen-bond donors (Lipinski definition) is 2. The highest BCUT2D eigenvalue weighted by atomic mass is 35.5. The number of nitrogens with two attached hydrogens (primary N) is 2. The van der Waals surface area contributed by atoms with Gasteiger partial charge in [0.2, 0.25) is 0 Å². The maximum atomic E-state index is 6.19. The van der Waals surface area contributed by atoms with Crippen LogP contribution in [0, 0.1) is 0 Å². The molecule has 0 bridgehead atoms. The average Bonchev–Trinajstić information content (AvgIpc) is 2.47. The normalized spacial score (nSPS) is 12.6. The summed E-state index contributed by atoms with van der Waals surface area (Å²) in [4.78, 5) is 0. The highest BCUT2D eigenvalue weighted by Gasteiger charge is 2.08. The van der Waals surface area contributed by atoms with Crippen molar-refractivity contribution in [3.63, 3.8) is 0 Å². The smallest absolute Gasteiger partial charge is 0.00799 e. The Kier molecular flexibility index (Phi) is 10.9. The fraction of sp³-hybridized carbons (Fsp3) is 0.333. The van der Waals surface area contributed by atoms with E-state index in [0.29, 0.717) is 0 Å². The average molecular weight is 341 g/mol. The van der Waals surface area contributed by atoms with Crippen LogP contribution in [0.15, 0.2) is 60.7 Å². The van der Waals surface area contributed by atoms with E-state index in [4.69, 9.17) is 11.5 Å². The van der Waals surface area contributed by atoms with E-state index in [1.54, 1.807) is 0 Å². The van der Waals surface area contributed by atoms with Crippen LogP contribution in [0.2, 0.25) is 0 Å². The third-order valence-corrected chi connectivity index (χ3v) is 3.59.